The third kappa shape index (κ3) is 11.1. The Hall–Kier alpha value is -8.14. The minimum atomic E-state index is -4.60. The zero-order valence-electron chi connectivity index (χ0n) is 43.3. The molecule has 0 radical (unpaired) electrons. The molecule has 8 heterocycles. The number of carbonyl (C=O) groups excluding carboxylic acids is 7. The predicted octanol–water partition coefficient (Wildman–Crippen LogP) is 7.09. The number of benzene rings is 2. The van der Waals surface area contributed by atoms with E-state index in [1.807, 2.05) is 22.9 Å². The minimum Gasteiger partial charge on any atom is -0.383 e. The number of nitrogens with two attached hydrogens (primary N) is 1. The normalized spacial score (nSPS) is 21.4. The Morgan fingerprint density at radius 1 is 0.823 bits per heavy atom. The maximum absolute atomic E-state index is 14.1. The number of nitrogen functional groups attached to an aromatic ring is 1. The summed E-state index contributed by atoms with van der Waals surface area (Å²) >= 11 is 0. The Morgan fingerprint density at radius 2 is 1.58 bits per heavy atom. The summed E-state index contributed by atoms with van der Waals surface area (Å²) in [5.41, 5.74) is 10.7. The lowest BCUT2D eigenvalue weighted by molar-refractivity contribution is -0.138. The Kier molecular flexibility index (Phi) is 14.7. The molecular formula is C57H59F3N12O7. The van der Waals surface area contributed by atoms with Gasteiger partial charge in [-0.1, -0.05) is 24.3 Å². The van der Waals surface area contributed by atoms with Gasteiger partial charge in [-0.3, -0.25) is 48.5 Å². The smallest absolute Gasteiger partial charge is 0.383 e. The van der Waals surface area contributed by atoms with E-state index in [1.165, 1.54) is 0 Å². The largest absolute Gasteiger partial charge is 0.416 e. The molecule has 1 unspecified atom stereocenters. The van der Waals surface area contributed by atoms with Gasteiger partial charge in [0, 0.05) is 85.9 Å². The van der Waals surface area contributed by atoms with Crippen LogP contribution in [-0.2, 0) is 25.4 Å². The number of pyridine rings is 2. The minimum absolute atomic E-state index is 0.0631. The van der Waals surface area contributed by atoms with Gasteiger partial charge < -0.3 is 25.8 Å². The Bertz CT molecular complexity index is 3340. The molecule has 11 rings (SSSR count). The standard InChI is InChI=1S/C57H59F3N12O7/c58-57(59,60)38-15-20-62-45(27-38)65-53(76)36-9-7-35(8-10-36)50-49-51-37(30-63-52(49)61)4-1-2-21-70(32-47(74)64-39-5-3-6-41(28-39)72(51)67-50)48(75)26-33-16-22-68(23-17-33)31-34-18-24-69(25-19-34)40-11-12-42-43(29-40)56(79)71(55(42)78)44-13-14-46(73)66-54(44)77/h1,4,7-12,15,20,27,29-30,33-34,41,44H,2-3,5-6,13-14,16-19,21-26,28,31-32H2,(H2,61,63)(H,62,65,76)(H,66,73,77)/b4-1+,64-39?/t41-,44?/m1/s1. The highest BCUT2D eigenvalue weighted by molar-refractivity contribution is 6.24. The molecule has 3 saturated heterocycles. The first kappa shape index (κ1) is 52.9. The third-order valence-electron chi connectivity index (χ3n) is 16.3. The Balaban J connectivity index is 0.706. The zero-order chi connectivity index (χ0) is 55.1. The molecule has 5 aliphatic heterocycles. The van der Waals surface area contributed by atoms with Gasteiger partial charge in [-0.05, 0) is 125 Å². The summed E-state index contributed by atoms with van der Waals surface area (Å²) in [6.07, 6.45) is 9.17. The molecule has 22 heteroatoms. The fourth-order valence-electron chi connectivity index (χ4n) is 12.0. The first-order valence-corrected chi connectivity index (χ1v) is 27.0. The zero-order valence-corrected chi connectivity index (χ0v) is 43.3. The first-order chi connectivity index (χ1) is 38.0. The van der Waals surface area contributed by atoms with Crippen LogP contribution in [-0.4, -0.2) is 133 Å². The highest BCUT2D eigenvalue weighted by atomic mass is 19.4. The monoisotopic (exact) mass is 1080 g/mol. The number of amides is 7. The number of anilines is 3. The Morgan fingerprint density at radius 3 is 2.34 bits per heavy atom. The molecule has 2 atom stereocenters. The summed E-state index contributed by atoms with van der Waals surface area (Å²) < 4.78 is 41.9. The average Bonchev–Trinajstić information content (AvgIpc) is 4.17. The topological polar surface area (TPSA) is 238 Å². The molecule has 4 fully saturated rings. The Labute approximate surface area is 452 Å². The number of fused-ring (bicyclic) bond motifs is 4. The highest BCUT2D eigenvalue weighted by Gasteiger charge is 2.45. The van der Waals surface area contributed by atoms with E-state index in [4.69, 9.17) is 10.8 Å². The second-order valence-electron chi connectivity index (χ2n) is 21.5. The van der Waals surface area contributed by atoms with Gasteiger partial charge in [0.1, 0.15) is 29.9 Å². The molecule has 7 amide bonds. The van der Waals surface area contributed by atoms with Crippen molar-refractivity contribution < 1.29 is 46.7 Å². The number of alkyl halides is 3. The van der Waals surface area contributed by atoms with E-state index in [0.717, 1.165) is 117 Å². The molecule has 79 heavy (non-hydrogen) atoms. The SMILES string of the molecule is Nc1ncc2c3c1c(-c1ccc(C(=O)Nc4cc(C(F)(F)F)ccn4)cc1)nn3[C@@H]1CCCC(=NC(=O)CN(C(=O)CC3CCN(CC4CCN(c5ccc6c(c5)C(=O)N(C5CCC(=O)NC5=O)C6=O)CC4)CC3)CC/C=C/2)C1. The summed E-state index contributed by atoms with van der Waals surface area (Å²) in [5.74, 6) is -2.51. The van der Waals surface area contributed by atoms with Gasteiger partial charge in [-0.25, -0.2) is 15.0 Å². The van der Waals surface area contributed by atoms with Crippen molar-refractivity contribution in [2.45, 2.75) is 95.3 Å². The second kappa shape index (κ2) is 21.9. The van der Waals surface area contributed by atoms with E-state index in [0.29, 0.717) is 54.8 Å². The third-order valence-corrected chi connectivity index (χ3v) is 16.3. The van der Waals surface area contributed by atoms with Gasteiger partial charge in [-0.2, -0.15) is 18.3 Å². The lowest BCUT2D eigenvalue weighted by atomic mass is 9.90. The quantitative estimate of drug-likeness (QED) is 0.125. The van der Waals surface area contributed by atoms with Crippen LogP contribution >= 0.6 is 0 Å². The lowest BCUT2D eigenvalue weighted by Gasteiger charge is -2.38. The van der Waals surface area contributed by atoms with Crippen molar-refractivity contribution in [3.05, 3.63) is 101 Å². The molecular weight excluding hydrogens is 1020 g/mol. The van der Waals surface area contributed by atoms with E-state index < -0.39 is 47.3 Å². The van der Waals surface area contributed by atoms with Crippen molar-refractivity contribution in [1.82, 2.24) is 39.8 Å². The van der Waals surface area contributed by atoms with Gasteiger partial charge in [0.05, 0.1) is 33.6 Å². The van der Waals surface area contributed by atoms with Crippen LogP contribution in [0.3, 0.4) is 0 Å². The van der Waals surface area contributed by atoms with Crippen molar-refractivity contribution in [3.63, 3.8) is 0 Å². The van der Waals surface area contributed by atoms with Gasteiger partial charge in [0.15, 0.2) is 0 Å². The van der Waals surface area contributed by atoms with Gasteiger partial charge >= 0.3 is 6.18 Å². The van der Waals surface area contributed by atoms with Crippen molar-refractivity contribution in [2.75, 3.05) is 61.8 Å². The number of aromatic nitrogens is 4. The molecule has 2 bridgehead atoms. The summed E-state index contributed by atoms with van der Waals surface area (Å²) in [5, 5.41) is 10.4. The maximum Gasteiger partial charge on any atom is 0.416 e. The van der Waals surface area contributed by atoms with Crippen LogP contribution < -0.4 is 21.3 Å². The molecule has 1 aliphatic carbocycles. The number of likely N-dealkylation sites (tertiary alicyclic amines) is 1. The van der Waals surface area contributed by atoms with Crippen molar-refractivity contribution in [2.24, 2.45) is 16.8 Å². The van der Waals surface area contributed by atoms with Crippen molar-refractivity contribution in [3.8, 4) is 11.3 Å². The van der Waals surface area contributed by atoms with Gasteiger partial charge in [0.25, 0.3) is 23.6 Å². The van der Waals surface area contributed by atoms with E-state index >= 15 is 0 Å². The van der Waals surface area contributed by atoms with Crippen molar-refractivity contribution >= 4 is 81.4 Å². The highest BCUT2D eigenvalue weighted by Crippen LogP contribution is 2.40. The molecule has 3 aromatic heterocycles. The van der Waals surface area contributed by atoms with Crippen LogP contribution in [0.5, 0.6) is 0 Å². The van der Waals surface area contributed by atoms with Crippen LogP contribution in [0.1, 0.15) is 125 Å². The van der Waals surface area contributed by atoms with E-state index in [1.54, 1.807) is 47.5 Å². The summed E-state index contributed by atoms with van der Waals surface area (Å²) in [6.45, 7) is 4.46. The fourth-order valence-corrected chi connectivity index (χ4v) is 12.0. The fraction of sp³-hybridized carbons (Fsp3) is 0.421. The predicted molar refractivity (Wildman–Crippen MR) is 287 cm³/mol. The lowest BCUT2D eigenvalue weighted by Crippen LogP contribution is -2.54. The van der Waals surface area contributed by atoms with Crippen LogP contribution in [0.2, 0.25) is 0 Å². The molecule has 19 nitrogen and oxygen atoms in total. The average molecular weight is 1080 g/mol. The van der Waals surface area contributed by atoms with E-state index in [2.05, 4.69) is 35.4 Å². The molecule has 2 aromatic carbocycles. The van der Waals surface area contributed by atoms with Crippen LogP contribution in [0.25, 0.3) is 28.2 Å². The number of nitrogens with zero attached hydrogens (tertiary/aromatic N) is 9. The molecule has 4 N–H and O–H groups in total. The number of rotatable bonds is 9. The van der Waals surface area contributed by atoms with E-state index in [9.17, 15) is 46.7 Å². The van der Waals surface area contributed by atoms with Gasteiger partial charge in [-0.15, -0.1) is 0 Å². The molecule has 1 saturated carbocycles. The summed E-state index contributed by atoms with van der Waals surface area (Å²) in [7, 11) is 0. The number of hydrogen-bond donors (Lipinski definition) is 3. The molecule has 410 valence electrons. The van der Waals surface area contributed by atoms with E-state index in [-0.39, 0.29) is 71.5 Å². The van der Waals surface area contributed by atoms with Crippen LogP contribution in [0.15, 0.2) is 78.1 Å². The number of piperidine rings is 3. The number of aliphatic imine (C=N–C) groups is 1. The van der Waals surface area contributed by atoms with Gasteiger partial charge in [0.2, 0.25) is 17.7 Å². The van der Waals surface area contributed by atoms with Crippen LogP contribution in [0, 0.1) is 11.8 Å². The second-order valence-corrected chi connectivity index (χ2v) is 21.5. The molecule has 0 spiro atoms. The number of nitrogens with one attached hydrogen (secondary N) is 2. The number of hydrogen-bond acceptors (Lipinski definition) is 13. The number of imide groups is 2. The summed E-state index contributed by atoms with van der Waals surface area (Å²) in [6, 6.07) is 12.1. The van der Waals surface area contributed by atoms with Crippen LogP contribution in [0.4, 0.5) is 30.5 Å². The number of carbonyl (C=O) groups is 7. The molecule has 6 aliphatic rings. The van der Waals surface area contributed by atoms with Crippen molar-refractivity contribution in [1.29, 1.82) is 0 Å². The summed E-state index contributed by atoms with van der Waals surface area (Å²) in [4.78, 5) is 112. The maximum atomic E-state index is 14.1. The molecule has 5 aromatic rings. The number of halogens is 3. The first-order valence-electron chi connectivity index (χ1n) is 27.0.